The Morgan fingerprint density at radius 3 is 2.53 bits per heavy atom. The average Bonchev–Trinajstić information content (AvgIpc) is 3.91. The van der Waals surface area contributed by atoms with Crippen LogP contribution in [0.4, 0.5) is 22.6 Å². The smallest absolute Gasteiger partial charge is 0.408 e. The zero-order chi connectivity index (χ0) is 40.9. The summed E-state index contributed by atoms with van der Waals surface area (Å²) in [6.07, 6.45) is -5.14. The van der Waals surface area contributed by atoms with Gasteiger partial charge in [-0.1, -0.05) is 35.9 Å². The standard InChI is InChI=1S/C39H41ClF4N6O6S/c1-23-26(8-9-28(34(23)40)53-19-18-49-16-14-48(3)15-17-49)32-33(37(46-2)57-35(32)29-10-11-31(41)55-29)36(45)56-30(38(51)52)20-24-6-4-5-7-27(24)54-21-25-12-13-47-50(25)22-39(42,43)44/h4-13,30,45-46H,14-22H2,1-3H3,(H,51,52). The first-order valence-electron chi connectivity index (χ1n) is 17.9. The van der Waals surface area contributed by atoms with Crippen LogP contribution in [0, 0.1) is 18.3 Å². The third-order valence-electron chi connectivity index (χ3n) is 9.46. The summed E-state index contributed by atoms with van der Waals surface area (Å²) in [7, 11) is 3.72. The van der Waals surface area contributed by atoms with E-state index in [0.717, 1.165) is 48.7 Å². The van der Waals surface area contributed by atoms with Crippen LogP contribution in [0.15, 0.2) is 65.2 Å². The molecule has 1 fully saturated rings. The predicted octanol–water partition coefficient (Wildman–Crippen LogP) is 7.82. The Morgan fingerprint density at radius 2 is 1.84 bits per heavy atom. The van der Waals surface area contributed by atoms with Crippen molar-refractivity contribution in [1.82, 2.24) is 19.6 Å². The van der Waals surface area contributed by atoms with Gasteiger partial charge >= 0.3 is 12.1 Å². The molecule has 12 nitrogen and oxygen atoms in total. The fourth-order valence-corrected chi connectivity index (χ4v) is 7.78. The van der Waals surface area contributed by atoms with Crippen molar-refractivity contribution < 1.29 is 46.1 Å². The Hall–Kier alpha value is -5.10. The van der Waals surface area contributed by atoms with E-state index in [1.807, 2.05) is 0 Å². The number of carboxylic acid groups (broad SMARTS) is 1. The molecule has 0 radical (unpaired) electrons. The summed E-state index contributed by atoms with van der Waals surface area (Å²) in [6.45, 7) is 5.19. The quantitative estimate of drug-likeness (QED) is 0.0513. The Morgan fingerprint density at radius 1 is 1.09 bits per heavy atom. The molecule has 0 bridgehead atoms. The number of benzene rings is 2. The molecule has 3 aromatic heterocycles. The first kappa shape index (κ1) is 41.5. The van der Waals surface area contributed by atoms with E-state index in [1.54, 1.807) is 50.4 Å². The van der Waals surface area contributed by atoms with Gasteiger partial charge in [-0.2, -0.15) is 22.7 Å². The minimum Gasteiger partial charge on any atom is -0.491 e. The van der Waals surface area contributed by atoms with Crippen molar-refractivity contribution >= 4 is 39.8 Å². The number of alkyl halides is 3. The molecular formula is C39H41ClF4N6O6S. The van der Waals surface area contributed by atoms with Gasteiger partial charge < -0.3 is 34.0 Å². The van der Waals surface area contributed by atoms with E-state index in [4.69, 9.17) is 30.2 Å². The number of rotatable bonds is 16. The van der Waals surface area contributed by atoms with Crippen LogP contribution in [-0.4, -0.2) is 102 Å². The average molecular weight is 833 g/mol. The molecule has 1 aliphatic heterocycles. The van der Waals surface area contributed by atoms with Gasteiger partial charge in [-0.3, -0.25) is 15.0 Å². The van der Waals surface area contributed by atoms with Crippen molar-refractivity contribution in [1.29, 1.82) is 5.41 Å². The number of anilines is 1. The lowest BCUT2D eigenvalue weighted by Crippen LogP contribution is -2.45. The van der Waals surface area contributed by atoms with Gasteiger partial charge in [0, 0.05) is 64.0 Å². The van der Waals surface area contributed by atoms with Crippen LogP contribution in [0.5, 0.6) is 11.5 Å². The lowest BCUT2D eigenvalue weighted by molar-refractivity contribution is -0.145. The Labute approximate surface area is 335 Å². The zero-order valence-electron chi connectivity index (χ0n) is 31.3. The number of carboxylic acids is 1. The molecule has 0 spiro atoms. The molecule has 1 atom stereocenters. The number of likely N-dealkylation sites (N-methyl/N-ethyl adjacent to an activating group) is 1. The fourth-order valence-electron chi connectivity index (χ4n) is 6.43. The van der Waals surface area contributed by atoms with E-state index in [-0.39, 0.29) is 35.8 Å². The van der Waals surface area contributed by atoms with Crippen LogP contribution in [-0.2, 0) is 29.1 Å². The SMILES string of the molecule is CNc1sc(-c2ccc(F)o2)c(-c2ccc(OCCN3CCN(C)CC3)c(Cl)c2C)c1C(=N)OC(Cc1ccccc1OCc1ccnn1CC(F)(F)F)C(=O)O. The van der Waals surface area contributed by atoms with E-state index in [0.29, 0.717) is 49.5 Å². The maximum absolute atomic E-state index is 14.3. The van der Waals surface area contributed by atoms with Gasteiger partial charge in [0.15, 0.2) is 0 Å². The number of halogens is 5. The maximum atomic E-state index is 14.3. The summed E-state index contributed by atoms with van der Waals surface area (Å²) in [4.78, 5) is 17.7. The number of thiophene rings is 1. The number of hydrogen-bond donors (Lipinski definition) is 3. The molecule has 0 aliphatic carbocycles. The van der Waals surface area contributed by atoms with Gasteiger partial charge in [-0.25, -0.2) is 4.79 Å². The highest BCUT2D eigenvalue weighted by Crippen LogP contribution is 2.49. The number of hydrogen-bond acceptors (Lipinski definition) is 11. The molecule has 18 heteroatoms. The Bertz CT molecular complexity index is 2200. The van der Waals surface area contributed by atoms with Crippen molar-refractivity contribution in [3.63, 3.8) is 0 Å². The summed E-state index contributed by atoms with van der Waals surface area (Å²) in [5, 5.41) is 27.1. The summed E-state index contributed by atoms with van der Waals surface area (Å²) >= 11 is 8.08. The Kier molecular flexibility index (Phi) is 13.1. The summed E-state index contributed by atoms with van der Waals surface area (Å²) in [5.41, 5.74) is 2.26. The highest BCUT2D eigenvalue weighted by Gasteiger charge is 2.32. The van der Waals surface area contributed by atoms with Crippen molar-refractivity contribution in [2.45, 2.75) is 38.8 Å². The van der Waals surface area contributed by atoms with Crippen LogP contribution in [0.3, 0.4) is 0 Å². The minimum atomic E-state index is -4.49. The number of furan rings is 1. The number of nitrogens with zero attached hydrogens (tertiary/aromatic N) is 4. The monoisotopic (exact) mass is 832 g/mol. The largest absolute Gasteiger partial charge is 0.491 e. The van der Waals surface area contributed by atoms with Crippen molar-refractivity contribution in [3.05, 3.63) is 94.2 Å². The van der Waals surface area contributed by atoms with Crippen LogP contribution in [0.25, 0.3) is 21.8 Å². The summed E-state index contributed by atoms with van der Waals surface area (Å²) < 4.78 is 77.5. The molecular weight excluding hydrogens is 792 g/mol. The molecule has 6 rings (SSSR count). The lowest BCUT2D eigenvalue weighted by Gasteiger charge is -2.32. The molecule has 1 aliphatic rings. The van der Waals surface area contributed by atoms with Crippen molar-refractivity contribution in [2.75, 3.05) is 58.7 Å². The minimum absolute atomic E-state index is 0.160. The Balaban J connectivity index is 1.27. The molecule has 3 N–H and O–H groups in total. The maximum Gasteiger partial charge on any atom is 0.408 e. The molecule has 57 heavy (non-hydrogen) atoms. The number of piperazine rings is 1. The number of ether oxygens (including phenoxy) is 3. The molecule has 1 saturated heterocycles. The first-order valence-corrected chi connectivity index (χ1v) is 19.1. The van der Waals surface area contributed by atoms with Gasteiger partial charge in [0.05, 0.1) is 21.2 Å². The highest BCUT2D eigenvalue weighted by atomic mass is 35.5. The molecule has 0 amide bonds. The van der Waals surface area contributed by atoms with E-state index in [1.165, 1.54) is 24.4 Å². The van der Waals surface area contributed by atoms with Gasteiger partial charge in [-0.05, 0) is 54.9 Å². The zero-order valence-corrected chi connectivity index (χ0v) is 32.9. The lowest BCUT2D eigenvalue weighted by atomic mass is 9.95. The van der Waals surface area contributed by atoms with E-state index in [9.17, 15) is 32.9 Å². The number of para-hydroxylation sites is 1. The topological polar surface area (TPSA) is 138 Å². The van der Waals surface area contributed by atoms with Gasteiger partial charge in [0.2, 0.25) is 12.0 Å². The first-order chi connectivity index (χ1) is 27.2. The predicted molar refractivity (Wildman–Crippen MR) is 208 cm³/mol. The van der Waals surface area contributed by atoms with E-state index < -0.39 is 36.7 Å². The van der Waals surface area contributed by atoms with E-state index in [2.05, 4.69) is 27.3 Å². The number of aromatic nitrogens is 2. The normalized spacial score (nSPS) is 14.4. The third-order valence-corrected chi connectivity index (χ3v) is 11.2. The van der Waals surface area contributed by atoms with Crippen molar-refractivity contribution in [3.8, 4) is 33.3 Å². The number of carbonyl (C=O) groups is 1. The summed E-state index contributed by atoms with van der Waals surface area (Å²) in [6, 6.07) is 13.1. The van der Waals surface area contributed by atoms with Crippen LogP contribution >= 0.6 is 22.9 Å². The molecule has 1 unspecified atom stereocenters. The van der Waals surface area contributed by atoms with E-state index >= 15 is 0 Å². The molecule has 4 heterocycles. The van der Waals surface area contributed by atoms with Gasteiger partial charge in [-0.15, -0.1) is 11.3 Å². The second-order valence-electron chi connectivity index (χ2n) is 13.4. The van der Waals surface area contributed by atoms with Crippen molar-refractivity contribution in [2.24, 2.45) is 0 Å². The fraction of sp³-hybridized carbons (Fsp3) is 0.359. The molecule has 5 aromatic rings. The van der Waals surface area contributed by atoms with Crippen LogP contribution in [0.2, 0.25) is 5.02 Å². The number of aliphatic carboxylic acids is 1. The third kappa shape index (κ3) is 10.1. The van der Waals surface area contributed by atoms with Crippen LogP contribution in [0.1, 0.15) is 22.4 Å². The van der Waals surface area contributed by atoms with Gasteiger partial charge in [0.25, 0.3) is 6.01 Å². The molecule has 304 valence electrons. The molecule has 2 aromatic carbocycles. The summed E-state index contributed by atoms with van der Waals surface area (Å²) in [5.74, 6) is -1.04. The number of nitrogens with one attached hydrogen (secondary N) is 2. The van der Waals surface area contributed by atoms with Crippen LogP contribution < -0.4 is 14.8 Å². The highest BCUT2D eigenvalue weighted by molar-refractivity contribution is 7.20. The second-order valence-corrected chi connectivity index (χ2v) is 14.8. The van der Waals surface area contributed by atoms with Gasteiger partial charge in [0.1, 0.15) is 42.0 Å². The second kappa shape index (κ2) is 18.0. The molecule has 0 saturated carbocycles.